The molecule has 0 aliphatic carbocycles. The van der Waals surface area contributed by atoms with Crippen molar-refractivity contribution in [3.63, 3.8) is 0 Å². The molecule has 1 heterocycles. The molecular weight excluding hydrogens is 622 g/mol. The summed E-state index contributed by atoms with van der Waals surface area (Å²) in [6.07, 6.45) is -1.14. The van der Waals surface area contributed by atoms with Crippen molar-refractivity contribution in [2.75, 3.05) is 0 Å². The molecule has 46 heavy (non-hydrogen) atoms. The molecule has 3 aromatic rings. The van der Waals surface area contributed by atoms with Crippen molar-refractivity contribution in [2.24, 2.45) is 0 Å². The van der Waals surface area contributed by atoms with Crippen LogP contribution in [0.5, 0.6) is 0 Å². The van der Waals surface area contributed by atoms with Gasteiger partial charge in [-0.15, -0.1) is 0 Å². The third-order valence-electron chi connectivity index (χ3n) is 6.85. The van der Waals surface area contributed by atoms with Crippen molar-refractivity contribution < 1.29 is 108 Å². The maximum Gasteiger partial charge on any atom is 1.00 e. The molecule has 4 N–H and O–H groups in total. The zero-order chi connectivity index (χ0) is 32.6. The first-order valence-electron chi connectivity index (χ1n) is 14.0. The van der Waals surface area contributed by atoms with E-state index in [0.29, 0.717) is 33.6 Å². The summed E-state index contributed by atoms with van der Waals surface area (Å²) in [7, 11) is 0. The molecule has 9 nitrogen and oxygen atoms in total. The summed E-state index contributed by atoms with van der Waals surface area (Å²) >= 11 is 0. The van der Waals surface area contributed by atoms with Gasteiger partial charge in [0.25, 0.3) is 0 Å². The number of hydrogen-bond acceptors (Lipinski definition) is 8. The number of rotatable bonds is 15. The number of aliphatic hydroxyl groups excluding tert-OH is 4. The molecule has 1 aromatic heterocycles. The zero-order valence-electron chi connectivity index (χ0n) is 26.3. The second-order valence-electron chi connectivity index (χ2n) is 10.8. The Morgan fingerprint density at radius 3 is 1.30 bits per heavy atom. The monoisotopic (exact) mass is 657 g/mol. The Balaban J connectivity index is 0.00000529. The predicted octanol–water partition coefficient (Wildman–Crippen LogP) is -3.78. The van der Waals surface area contributed by atoms with Crippen LogP contribution < -0.4 is 69.3 Å². The fourth-order valence-electron chi connectivity index (χ4n) is 5.00. The van der Waals surface area contributed by atoms with Gasteiger partial charge in [-0.25, -0.2) is 8.78 Å². The summed E-state index contributed by atoms with van der Waals surface area (Å²) in [5.41, 5.74) is 3.30. The molecule has 0 bridgehead atoms. The van der Waals surface area contributed by atoms with Gasteiger partial charge in [-0.1, -0.05) is 36.4 Å². The van der Waals surface area contributed by atoms with Crippen LogP contribution in [0.3, 0.4) is 0 Å². The SMILES string of the molecule is CC(C)n1c(/C=C/C(O)CC(O)CC(=O)[O-])c(-c2ccc(F)cc2)c(-c2ccc(F)cc2)c1/C=C/C(O)CC(O)CC(=O)[O-].[Na+].[Na+]. The zero-order valence-corrected chi connectivity index (χ0v) is 30.3. The summed E-state index contributed by atoms with van der Waals surface area (Å²) < 4.78 is 29.8. The van der Waals surface area contributed by atoms with Gasteiger partial charge in [0.2, 0.25) is 0 Å². The number of aromatic nitrogens is 1. The van der Waals surface area contributed by atoms with E-state index in [-0.39, 0.29) is 78.0 Å². The van der Waals surface area contributed by atoms with Crippen molar-refractivity contribution >= 4 is 24.1 Å². The van der Waals surface area contributed by atoms with Crippen molar-refractivity contribution in [3.8, 4) is 22.3 Å². The normalized spacial score (nSPS) is 14.1. The van der Waals surface area contributed by atoms with E-state index in [4.69, 9.17) is 0 Å². The second kappa shape index (κ2) is 19.6. The Hall–Kier alpha value is -2.16. The standard InChI is InChI=1S/C33H37F2NO8.2Na/c1-19(2)36-28(13-11-24(37)15-26(39)17-30(41)42)32(20-3-7-22(34)8-4-20)33(21-5-9-23(35)10-6-21)29(36)14-12-25(38)16-27(40)18-31(43)44;;/h3-14,19,24-27,37-40H,15-18H2,1-2H3,(H,41,42)(H,43,44);;/q;2*+1/p-2/b13-11+,14-12+;;. The van der Waals surface area contributed by atoms with Gasteiger partial charge in [-0.3, -0.25) is 0 Å². The number of benzene rings is 2. The van der Waals surface area contributed by atoms with Crippen LogP contribution in [0.2, 0.25) is 0 Å². The van der Waals surface area contributed by atoms with E-state index < -0.39 is 60.8 Å². The molecule has 3 rings (SSSR count). The van der Waals surface area contributed by atoms with Crippen LogP contribution in [0.1, 0.15) is 57.0 Å². The maximum absolute atomic E-state index is 14.0. The largest absolute Gasteiger partial charge is 1.00 e. The third kappa shape index (κ3) is 12.1. The molecule has 4 atom stereocenters. The van der Waals surface area contributed by atoms with Crippen molar-refractivity contribution in [1.82, 2.24) is 4.57 Å². The fourth-order valence-corrected chi connectivity index (χ4v) is 5.00. The number of carbonyl (C=O) groups is 2. The molecule has 0 fully saturated rings. The van der Waals surface area contributed by atoms with Gasteiger partial charge in [0, 0.05) is 66.2 Å². The van der Waals surface area contributed by atoms with E-state index in [2.05, 4.69) is 0 Å². The number of nitrogens with zero attached hydrogens (tertiary/aromatic N) is 1. The Bertz CT molecular complexity index is 1380. The minimum atomic E-state index is -1.46. The summed E-state index contributed by atoms with van der Waals surface area (Å²) in [5.74, 6) is -3.88. The molecule has 0 aliphatic rings. The number of aliphatic hydroxyl groups is 4. The van der Waals surface area contributed by atoms with E-state index >= 15 is 0 Å². The Kier molecular flexibility index (Phi) is 17.8. The molecular formula is C33H35F2NNa2O8. The van der Waals surface area contributed by atoms with Crippen LogP contribution >= 0.6 is 0 Å². The number of carboxylic acid groups (broad SMARTS) is 2. The minimum absolute atomic E-state index is 0. The van der Waals surface area contributed by atoms with Gasteiger partial charge in [0.1, 0.15) is 11.6 Å². The number of hydrogen-bond donors (Lipinski definition) is 4. The molecule has 0 spiro atoms. The van der Waals surface area contributed by atoms with Crippen molar-refractivity contribution in [2.45, 2.75) is 70.0 Å². The number of carboxylic acids is 2. The maximum atomic E-state index is 14.0. The van der Waals surface area contributed by atoms with E-state index in [1.807, 2.05) is 18.4 Å². The first kappa shape index (κ1) is 41.9. The molecule has 0 saturated carbocycles. The van der Waals surface area contributed by atoms with E-state index in [1.54, 1.807) is 36.4 Å². The predicted molar refractivity (Wildman–Crippen MR) is 156 cm³/mol. The number of carbonyl (C=O) groups excluding carboxylic acids is 2. The van der Waals surface area contributed by atoms with Gasteiger partial charge >= 0.3 is 59.1 Å². The molecule has 13 heteroatoms. The van der Waals surface area contributed by atoms with Gasteiger partial charge < -0.3 is 44.8 Å². The average molecular weight is 658 g/mol. The van der Waals surface area contributed by atoms with Gasteiger partial charge in [0.05, 0.1) is 24.4 Å². The van der Waals surface area contributed by atoms with Crippen LogP contribution in [-0.4, -0.2) is 61.3 Å². The van der Waals surface area contributed by atoms with Crippen LogP contribution in [0.25, 0.3) is 34.4 Å². The quantitative estimate of drug-likeness (QED) is 0.121. The van der Waals surface area contributed by atoms with E-state index in [1.165, 1.54) is 36.4 Å². The third-order valence-corrected chi connectivity index (χ3v) is 6.85. The molecule has 236 valence electrons. The minimum Gasteiger partial charge on any atom is -0.550 e. The van der Waals surface area contributed by atoms with Crippen molar-refractivity contribution in [3.05, 3.63) is 83.7 Å². The van der Waals surface area contributed by atoms with Gasteiger partial charge in [-0.2, -0.15) is 0 Å². The van der Waals surface area contributed by atoms with Gasteiger partial charge in [-0.05, 0) is 61.4 Å². The van der Waals surface area contributed by atoms with Gasteiger partial charge in [0.15, 0.2) is 0 Å². The Morgan fingerprint density at radius 2 is 1.02 bits per heavy atom. The van der Waals surface area contributed by atoms with Crippen LogP contribution in [0.4, 0.5) is 8.78 Å². The molecule has 0 saturated heterocycles. The topological polar surface area (TPSA) is 166 Å². The Morgan fingerprint density at radius 1 is 0.696 bits per heavy atom. The van der Waals surface area contributed by atoms with Crippen LogP contribution in [0.15, 0.2) is 60.7 Å². The molecule has 4 unspecified atom stereocenters. The number of halogens is 2. The fraction of sp³-hybridized carbons (Fsp3) is 0.333. The van der Waals surface area contributed by atoms with E-state index in [0.717, 1.165) is 0 Å². The number of aliphatic carboxylic acids is 2. The summed E-state index contributed by atoms with van der Waals surface area (Å²) in [6.45, 7) is 3.75. The molecule has 0 aliphatic heterocycles. The van der Waals surface area contributed by atoms with E-state index in [9.17, 15) is 49.0 Å². The summed E-state index contributed by atoms with van der Waals surface area (Å²) in [6, 6.07) is 11.0. The summed E-state index contributed by atoms with van der Waals surface area (Å²) in [5, 5.41) is 62.8. The summed E-state index contributed by atoms with van der Waals surface area (Å²) in [4.78, 5) is 21.7. The van der Waals surface area contributed by atoms with Crippen molar-refractivity contribution in [1.29, 1.82) is 0 Å². The Labute approximate surface area is 310 Å². The van der Waals surface area contributed by atoms with Crippen LogP contribution in [0, 0.1) is 11.6 Å². The first-order valence-corrected chi connectivity index (χ1v) is 14.0. The second-order valence-corrected chi connectivity index (χ2v) is 10.8. The average Bonchev–Trinajstić information content (AvgIpc) is 3.24. The smallest absolute Gasteiger partial charge is 0.550 e. The molecule has 2 aromatic carbocycles. The molecule has 0 radical (unpaired) electrons. The molecule has 0 amide bonds. The van der Waals surface area contributed by atoms with Crippen LogP contribution in [-0.2, 0) is 9.59 Å². The first-order chi connectivity index (χ1) is 20.8.